The number of hydrogen-bond acceptors (Lipinski definition) is 5. The second-order valence-electron chi connectivity index (χ2n) is 6.19. The van der Waals surface area contributed by atoms with Gasteiger partial charge >= 0.3 is 0 Å². The van der Waals surface area contributed by atoms with E-state index in [0.717, 1.165) is 24.6 Å². The van der Waals surface area contributed by atoms with Crippen LogP contribution >= 0.6 is 23.2 Å². The maximum Gasteiger partial charge on any atom is 0.252 e. The molecule has 8 heteroatoms. The van der Waals surface area contributed by atoms with E-state index in [0.29, 0.717) is 34.6 Å². The van der Waals surface area contributed by atoms with Gasteiger partial charge in [-0.1, -0.05) is 23.2 Å². The lowest BCUT2D eigenvalue weighted by Crippen LogP contribution is -2.29. The van der Waals surface area contributed by atoms with Crippen LogP contribution in [0.5, 0.6) is 0 Å². The van der Waals surface area contributed by atoms with Crippen molar-refractivity contribution < 1.29 is 4.79 Å². The summed E-state index contributed by atoms with van der Waals surface area (Å²) in [5.41, 5.74) is 1.32. The van der Waals surface area contributed by atoms with Crippen LogP contribution in [0.15, 0.2) is 24.3 Å². The van der Waals surface area contributed by atoms with Gasteiger partial charge in [-0.25, -0.2) is 4.98 Å². The van der Waals surface area contributed by atoms with Crippen molar-refractivity contribution in [2.45, 2.75) is 19.8 Å². The number of benzene rings is 1. The monoisotopic (exact) mass is 393 g/mol. The van der Waals surface area contributed by atoms with E-state index in [1.54, 1.807) is 18.2 Å². The summed E-state index contributed by atoms with van der Waals surface area (Å²) in [6.45, 7) is 4.96. The lowest BCUT2D eigenvalue weighted by atomic mass is 10.2. The zero-order valence-electron chi connectivity index (χ0n) is 14.6. The molecule has 0 spiro atoms. The number of nitrogens with one attached hydrogen (secondary N) is 2. The molecule has 0 bridgehead atoms. The van der Waals surface area contributed by atoms with Crippen molar-refractivity contribution >= 4 is 40.9 Å². The molecular weight excluding hydrogens is 373 g/mol. The average Bonchev–Trinajstić information content (AvgIpc) is 3.13. The van der Waals surface area contributed by atoms with Crippen molar-refractivity contribution in [1.82, 2.24) is 15.3 Å². The Labute approximate surface area is 162 Å². The molecule has 2 N–H and O–H groups in total. The fraction of sp³-hybridized carbons (Fsp3) is 0.389. The Morgan fingerprint density at radius 1 is 1.15 bits per heavy atom. The summed E-state index contributed by atoms with van der Waals surface area (Å²) in [6, 6.07) is 6.80. The molecule has 1 aliphatic rings. The second kappa shape index (κ2) is 8.56. The topological polar surface area (TPSA) is 70.2 Å². The van der Waals surface area contributed by atoms with Gasteiger partial charge in [-0.05, 0) is 38.0 Å². The molecule has 0 saturated carbocycles. The van der Waals surface area contributed by atoms with E-state index in [-0.39, 0.29) is 5.91 Å². The molecule has 1 fully saturated rings. The molecule has 2 heterocycles. The Bertz CT molecular complexity index is 793. The Kier molecular flexibility index (Phi) is 6.16. The first kappa shape index (κ1) is 18.7. The molecule has 6 nitrogen and oxygen atoms in total. The molecule has 1 aromatic carbocycles. The van der Waals surface area contributed by atoms with Crippen molar-refractivity contribution in [3.05, 3.63) is 45.6 Å². The van der Waals surface area contributed by atoms with E-state index in [1.165, 1.54) is 12.8 Å². The number of nitrogens with zero attached hydrogens (tertiary/aromatic N) is 3. The van der Waals surface area contributed by atoms with Crippen molar-refractivity contribution in [3.8, 4) is 0 Å². The standard InChI is InChI=1S/C18H21Cl2N5O/c1-12-10-16(25-8-2-3-9-25)24-18(23-12)22-7-6-21-17(26)14-5-4-13(19)11-15(14)20/h4-5,10-11H,2-3,6-9H2,1H3,(H,21,26)(H,22,23,24). The third-order valence-electron chi connectivity index (χ3n) is 4.14. The number of hydrogen-bond donors (Lipinski definition) is 2. The number of aromatic nitrogens is 2. The maximum absolute atomic E-state index is 12.2. The van der Waals surface area contributed by atoms with Crippen LogP contribution in [0.2, 0.25) is 10.0 Å². The van der Waals surface area contributed by atoms with Crippen molar-refractivity contribution in [1.29, 1.82) is 0 Å². The van der Waals surface area contributed by atoms with Gasteiger partial charge in [0.1, 0.15) is 5.82 Å². The second-order valence-corrected chi connectivity index (χ2v) is 7.04. The molecule has 0 atom stereocenters. The van der Waals surface area contributed by atoms with Gasteiger partial charge in [-0.2, -0.15) is 4.98 Å². The minimum absolute atomic E-state index is 0.239. The van der Waals surface area contributed by atoms with Crippen molar-refractivity contribution in [2.24, 2.45) is 0 Å². The Morgan fingerprint density at radius 3 is 2.65 bits per heavy atom. The third-order valence-corrected chi connectivity index (χ3v) is 4.69. The molecule has 138 valence electrons. The first-order chi connectivity index (χ1) is 12.5. The fourth-order valence-corrected chi connectivity index (χ4v) is 3.35. The quantitative estimate of drug-likeness (QED) is 0.734. The summed E-state index contributed by atoms with van der Waals surface area (Å²) >= 11 is 11.9. The van der Waals surface area contributed by atoms with Crippen LogP contribution in [0.1, 0.15) is 28.9 Å². The third kappa shape index (κ3) is 4.77. The predicted octanol–water partition coefficient (Wildman–Crippen LogP) is 3.53. The Hall–Kier alpha value is -2.05. The SMILES string of the molecule is Cc1cc(N2CCCC2)nc(NCCNC(=O)c2ccc(Cl)cc2Cl)n1. The van der Waals surface area contributed by atoms with Crippen LogP contribution < -0.4 is 15.5 Å². The lowest BCUT2D eigenvalue weighted by molar-refractivity contribution is 0.0955. The van der Waals surface area contributed by atoms with Gasteiger partial charge in [0.2, 0.25) is 5.95 Å². The number of carbonyl (C=O) groups is 1. The van der Waals surface area contributed by atoms with Crippen LogP contribution in [0, 0.1) is 6.92 Å². The average molecular weight is 394 g/mol. The number of rotatable bonds is 6. The molecule has 1 amide bonds. The number of halogens is 2. The zero-order valence-corrected chi connectivity index (χ0v) is 16.1. The first-order valence-electron chi connectivity index (χ1n) is 8.61. The molecule has 1 saturated heterocycles. The van der Waals surface area contributed by atoms with Gasteiger partial charge in [0.05, 0.1) is 10.6 Å². The van der Waals surface area contributed by atoms with Crippen LogP contribution in [0.4, 0.5) is 11.8 Å². The normalized spacial score (nSPS) is 13.7. The van der Waals surface area contributed by atoms with Gasteiger partial charge in [0.25, 0.3) is 5.91 Å². The maximum atomic E-state index is 12.2. The van der Waals surface area contributed by atoms with Gasteiger partial charge < -0.3 is 15.5 Å². The highest BCUT2D eigenvalue weighted by Crippen LogP contribution is 2.21. The Balaban J connectivity index is 1.52. The van der Waals surface area contributed by atoms with Gasteiger partial charge in [-0.15, -0.1) is 0 Å². The largest absolute Gasteiger partial charge is 0.356 e. The fourth-order valence-electron chi connectivity index (χ4n) is 2.86. The van der Waals surface area contributed by atoms with E-state index in [1.807, 2.05) is 13.0 Å². The highest BCUT2D eigenvalue weighted by atomic mass is 35.5. The molecule has 2 aromatic rings. The molecule has 0 radical (unpaired) electrons. The van der Waals surface area contributed by atoms with Crippen LogP contribution in [-0.4, -0.2) is 42.1 Å². The molecule has 1 aromatic heterocycles. The van der Waals surface area contributed by atoms with Crippen molar-refractivity contribution in [2.75, 3.05) is 36.4 Å². The number of amides is 1. The summed E-state index contributed by atoms with van der Waals surface area (Å²) in [5, 5.41) is 6.81. The summed E-state index contributed by atoms with van der Waals surface area (Å²) in [5.74, 6) is 1.29. The van der Waals surface area contributed by atoms with Crippen LogP contribution in [-0.2, 0) is 0 Å². The molecule has 0 unspecified atom stereocenters. The summed E-state index contributed by atoms with van der Waals surface area (Å²) in [4.78, 5) is 23.4. The molecule has 3 rings (SSSR count). The molecule has 0 aliphatic carbocycles. The predicted molar refractivity (Wildman–Crippen MR) is 106 cm³/mol. The van der Waals surface area contributed by atoms with Crippen LogP contribution in [0.3, 0.4) is 0 Å². The zero-order chi connectivity index (χ0) is 18.5. The van der Waals surface area contributed by atoms with Crippen molar-refractivity contribution in [3.63, 3.8) is 0 Å². The van der Waals surface area contributed by atoms with E-state index < -0.39 is 0 Å². The van der Waals surface area contributed by atoms with Gasteiger partial charge in [-0.3, -0.25) is 4.79 Å². The minimum Gasteiger partial charge on any atom is -0.356 e. The molecular formula is C18H21Cl2N5O. The van der Waals surface area contributed by atoms with Gasteiger partial charge in [0, 0.05) is 43.0 Å². The number of carbonyl (C=O) groups excluding carboxylic acids is 1. The minimum atomic E-state index is -0.239. The van der Waals surface area contributed by atoms with E-state index >= 15 is 0 Å². The molecule has 26 heavy (non-hydrogen) atoms. The lowest BCUT2D eigenvalue weighted by Gasteiger charge is -2.17. The Morgan fingerprint density at radius 2 is 1.92 bits per heavy atom. The first-order valence-corrected chi connectivity index (χ1v) is 9.36. The summed E-state index contributed by atoms with van der Waals surface area (Å²) in [6.07, 6.45) is 2.40. The summed E-state index contributed by atoms with van der Waals surface area (Å²) < 4.78 is 0. The smallest absolute Gasteiger partial charge is 0.252 e. The van der Waals surface area contributed by atoms with Crippen LogP contribution in [0.25, 0.3) is 0 Å². The summed E-state index contributed by atoms with van der Waals surface area (Å²) in [7, 11) is 0. The highest BCUT2D eigenvalue weighted by Gasteiger charge is 2.15. The highest BCUT2D eigenvalue weighted by molar-refractivity contribution is 6.36. The van der Waals surface area contributed by atoms with E-state index in [9.17, 15) is 4.79 Å². The molecule has 1 aliphatic heterocycles. The number of aryl methyl sites for hydroxylation is 1. The van der Waals surface area contributed by atoms with Gasteiger partial charge in [0.15, 0.2) is 0 Å². The van der Waals surface area contributed by atoms with E-state index in [2.05, 4.69) is 25.5 Å². The number of anilines is 2. The van der Waals surface area contributed by atoms with E-state index in [4.69, 9.17) is 23.2 Å².